The van der Waals surface area contributed by atoms with E-state index in [2.05, 4.69) is 17.6 Å². The lowest BCUT2D eigenvalue weighted by Crippen LogP contribution is -2.54. The van der Waals surface area contributed by atoms with Crippen LogP contribution >= 0.6 is 0 Å². The lowest BCUT2D eigenvalue weighted by molar-refractivity contribution is -0.141. The fourth-order valence-electron chi connectivity index (χ4n) is 3.42. The Hall–Kier alpha value is -2.57. The second-order valence-corrected chi connectivity index (χ2v) is 9.83. The van der Waals surface area contributed by atoms with Gasteiger partial charge in [-0.3, -0.25) is 9.59 Å². The minimum atomic E-state index is -0.830. The van der Waals surface area contributed by atoms with E-state index >= 15 is 0 Å². The number of alkyl carbamates (subject to hydrolysis) is 1. The van der Waals surface area contributed by atoms with Gasteiger partial charge in [-0.2, -0.15) is 0 Å². The van der Waals surface area contributed by atoms with Gasteiger partial charge in [0.1, 0.15) is 17.7 Å². The van der Waals surface area contributed by atoms with Crippen molar-refractivity contribution in [1.29, 1.82) is 0 Å². The number of carbonyl (C=O) groups excluding carboxylic acids is 3. The summed E-state index contributed by atoms with van der Waals surface area (Å²) < 4.78 is 5.33. The number of ether oxygens (including phenoxy) is 1. The van der Waals surface area contributed by atoms with Crippen molar-refractivity contribution in [3.05, 3.63) is 35.4 Å². The Morgan fingerprint density at radius 2 is 1.59 bits per heavy atom. The number of hydrogen-bond donors (Lipinski definition) is 2. The van der Waals surface area contributed by atoms with Gasteiger partial charge < -0.3 is 20.3 Å². The molecule has 0 fully saturated rings. The molecule has 32 heavy (non-hydrogen) atoms. The van der Waals surface area contributed by atoms with Gasteiger partial charge in [0.25, 0.3) is 0 Å². The van der Waals surface area contributed by atoms with Crippen LogP contribution < -0.4 is 10.6 Å². The molecule has 1 aromatic carbocycles. The monoisotopic (exact) mass is 447 g/mol. The molecule has 7 heteroatoms. The van der Waals surface area contributed by atoms with E-state index in [4.69, 9.17) is 4.74 Å². The molecule has 3 amide bonds. The number of nitrogens with zero attached hydrogens (tertiary/aromatic N) is 1. The van der Waals surface area contributed by atoms with Crippen LogP contribution in [0.4, 0.5) is 4.79 Å². The Labute approximate surface area is 193 Å². The molecular formula is C25H41N3O4. The predicted octanol–water partition coefficient (Wildman–Crippen LogP) is 4.35. The first-order valence-corrected chi connectivity index (χ1v) is 11.4. The topological polar surface area (TPSA) is 87.7 Å². The number of hydrogen-bond acceptors (Lipinski definition) is 4. The first kappa shape index (κ1) is 27.5. The molecule has 2 N–H and O–H groups in total. The zero-order valence-corrected chi connectivity index (χ0v) is 21.1. The predicted molar refractivity (Wildman–Crippen MR) is 127 cm³/mol. The second kappa shape index (κ2) is 11.9. The van der Waals surface area contributed by atoms with Crippen LogP contribution in [0.1, 0.15) is 78.5 Å². The maximum atomic E-state index is 13.5. The molecule has 0 aliphatic carbocycles. The van der Waals surface area contributed by atoms with Gasteiger partial charge in [-0.15, -0.1) is 0 Å². The summed E-state index contributed by atoms with van der Waals surface area (Å²) in [6.07, 6.45) is 1.13. The van der Waals surface area contributed by atoms with E-state index < -0.39 is 23.8 Å². The Morgan fingerprint density at radius 1 is 1.03 bits per heavy atom. The molecule has 0 saturated carbocycles. The summed E-state index contributed by atoms with van der Waals surface area (Å²) in [6, 6.07) is 5.90. The summed E-state index contributed by atoms with van der Waals surface area (Å²) >= 11 is 0. The van der Waals surface area contributed by atoms with Crippen molar-refractivity contribution in [2.24, 2.45) is 5.92 Å². The van der Waals surface area contributed by atoms with E-state index in [0.29, 0.717) is 5.56 Å². The van der Waals surface area contributed by atoms with Crippen molar-refractivity contribution in [1.82, 2.24) is 15.5 Å². The highest BCUT2D eigenvalue weighted by Gasteiger charge is 2.35. The molecule has 0 aliphatic rings. The summed E-state index contributed by atoms with van der Waals surface area (Å²) in [4.78, 5) is 40.5. The summed E-state index contributed by atoms with van der Waals surface area (Å²) in [7, 11) is 1.60. The molecule has 7 nitrogen and oxygen atoms in total. The van der Waals surface area contributed by atoms with Crippen molar-refractivity contribution in [2.75, 3.05) is 7.05 Å². The minimum Gasteiger partial charge on any atom is -0.444 e. The minimum absolute atomic E-state index is 0.00951. The molecule has 0 saturated heterocycles. The van der Waals surface area contributed by atoms with Gasteiger partial charge in [0.15, 0.2) is 0 Å². The molecule has 0 heterocycles. The molecule has 180 valence electrons. The molecule has 0 bridgehead atoms. The van der Waals surface area contributed by atoms with Gasteiger partial charge in [-0.25, -0.2) is 4.79 Å². The average Bonchev–Trinajstić information content (AvgIpc) is 2.65. The number of carbonyl (C=O) groups is 3. The van der Waals surface area contributed by atoms with E-state index in [1.54, 1.807) is 27.8 Å². The Kier molecular flexibility index (Phi) is 10.2. The van der Waals surface area contributed by atoms with Crippen LogP contribution in [0, 0.1) is 12.8 Å². The van der Waals surface area contributed by atoms with E-state index in [0.717, 1.165) is 18.4 Å². The first-order valence-electron chi connectivity index (χ1n) is 11.4. The van der Waals surface area contributed by atoms with Crippen molar-refractivity contribution in [3.8, 4) is 0 Å². The number of amides is 3. The molecule has 1 aromatic rings. The SMILES string of the molecule is CCCC(C)NC(=O)C(c1ccc(C)cc1)N(C)C(=O)C(NC(=O)OC(C)(C)C)C(C)C. The van der Waals surface area contributed by atoms with Crippen LogP contribution in [0.2, 0.25) is 0 Å². The molecule has 3 atom stereocenters. The van der Waals surface area contributed by atoms with Gasteiger partial charge in [0, 0.05) is 13.1 Å². The third-order valence-electron chi connectivity index (χ3n) is 5.09. The van der Waals surface area contributed by atoms with Crippen molar-refractivity contribution in [2.45, 2.75) is 92.0 Å². The van der Waals surface area contributed by atoms with Crippen LogP contribution in [0.25, 0.3) is 0 Å². The zero-order chi connectivity index (χ0) is 24.6. The van der Waals surface area contributed by atoms with Crippen molar-refractivity contribution < 1.29 is 19.1 Å². The van der Waals surface area contributed by atoms with Crippen LogP contribution in [0.5, 0.6) is 0 Å². The highest BCUT2D eigenvalue weighted by atomic mass is 16.6. The number of benzene rings is 1. The van der Waals surface area contributed by atoms with Gasteiger partial charge in [0.2, 0.25) is 11.8 Å². The number of likely N-dealkylation sites (N-methyl/N-ethyl adjacent to an activating group) is 1. The lowest BCUT2D eigenvalue weighted by Gasteiger charge is -2.33. The maximum absolute atomic E-state index is 13.5. The summed E-state index contributed by atoms with van der Waals surface area (Å²) in [5.41, 5.74) is 1.10. The highest BCUT2D eigenvalue weighted by Crippen LogP contribution is 2.23. The van der Waals surface area contributed by atoms with Crippen LogP contribution in [-0.4, -0.2) is 47.5 Å². The normalized spacial score (nSPS) is 14.3. The molecule has 0 aliphatic heterocycles. The molecular weight excluding hydrogens is 406 g/mol. The van der Waals surface area contributed by atoms with Crippen LogP contribution in [0.15, 0.2) is 24.3 Å². The third-order valence-corrected chi connectivity index (χ3v) is 5.09. The van der Waals surface area contributed by atoms with Gasteiger partial charge in [-0.05, 0) is 52.5 Å². The smallest absolute Gasteiger partial charge is 0.408 e. The first-order chi connectivity index (χ1) is 14.8. The largest absolute Gasteiger partial charge is 0.444 e. The number of aryl methyl sites for hydroxylation is 1. The standard InChI is InChI=1S/C25H41N3O4/c1-10-11-18(5)26-22(29)21(19-14-12-17(4)13-15-19)28(9)23(30)20(16(2)3)27-24(31)32-25(6,7)8/h12-16,18,20-21H,10-11H2,1-9H3,(H,26,29)(H,27,31). The zero-order valence-electron chi connectivity index (χ0n) is 21.1. The molecule has 0 aromatic heterocycles. The fourth-order valence-corrected chi connectivity index (χ4v) is 3.42. The fraction of sp³-hybridized carbons (Fsp3) is 0.640. The highest BCUT2D eigenvalue weighted by molar-refractivity contribution is 5.92. The summed E-state index contributed by atoms with van der Waals surface area (Å²) in [5, 5.41) is 5.71. The van der Waals surface area contributed by atoms with E-state index in [-0.39, 0.29) is 23.8 Å². The van der Waals surface area contributed by atoms with Gasteiger partial charge >= 0.3 is 6.09 Å². The summed E-state index contributed by atoms with van der Waals surface area (Å²) in [6.45, 7) is 15.0. The Morgan fingerprint density at radius 3 is 2.06 bits per heavy atom. The van der Waals surface area contributed by atoms with Gasteiger partial charge in [-0.1, -0.05) is 57.0 Å². The Balaban J connectivity index is 3.20. The number of nitrogens with one attached hydrogen (secondary N) is 2. The van der Waals surface area contributed by atoms with Crippen molar-refractivity contribution >= 4 is 17.9 Å². The van der Waals surface area contributed by atoms with E-state index in [9.17, 15) is 14.4 Å². The second-order valence-electron chi connectivity index (χ2n) is 9.83. The van der Waals surface area contributed by atoms with E-state index in [1.807, 2.05) is 52.0 Å². The van der Waals surface area contributed by atoms with Crippen LogP contribution in [0.3, 0.4) is 0 Å². The van der Waals surface area contributed by atoms with Crippen LogP contribution in [-0.2, 0) is 14.3 Å². The molecule has 1 rings (SSSR count). The summed E-state index contributed by atoms with van der Waals surface area (Å²) in [5.74, 6) is -0.793. The molecule has 3 unspecified atom stereocenters. The maximum Gasteiger partial charge on any atom is 0.408 e. The third kappa shape index (κ3) is 8.52. The average molecular weight is 448 g/mol. The number of rotatable bonds is 9. The quantitative estimate of drug-likeness (QED) is 0.589. The van der Waals surface area contributed by atoms with E-state index in [1.165, 1.54) is 4.90 Å². The molecule has 0 radical (unpaired) electrons. The van der Waals surface area contributed by atoms with Crippen molar-refractivity contribution in [3.63, 3.8) is 0 Å². The lowest BCUT2D eigenvalue weighted by atomic mass is 9.98. The van der Waals surface area contributed by atoms with Gasteiger partial charge in [0.05, 0.1) is 0 Å². The molecule has 0 spiro atoms. The Bertz CT molecular complexity index is 768.